The molecule has 27 heavy (non-hydrogen) atoms. The molecule has 0 unspecified atom stereocenters. The molecule has 0 saturated heterocycles. The van der Waals surface area contributed by atoms with Crippen molar-refractivity contribution in [3.63, 3.8) is 0 Å². The maximum absolute atomic E-state index is 6.00. The Morgan fingerprint density at radius 2 is 0.778 bits per heavy atom. The van der Waals surface area contributed by atoms with Gasteiger partial charge in [-0.15, -0.1) is 0 Å². The minimum Gasteiger partial charge on any atom is -0.497 e. The van der Waals surface area contributed by atoms with Gasteiger partial charge in [-0.3, -0.25) is 0 Å². The summed E-state index contributed by atoms with van der Waals surface area (Å²) >= 11 is 0. The van der Waals surface area contributed by atoms with Crippen LogP contribution in [-0.2, 0) is 10.0 Å². The van der Waals surface area contributed by atoms with Gasteiger partial charge < -0.3 is 18.6 Å². The zero-order valence-electron chi connectivity index (χ0n) is 15.6. The van der Waals surface area contributed by atoms with Crippen molar-refractivity contribution in [1.29, 1.82) is 0 Å². The van der Waals surface area contributed by atoms with Crippen LogP contribution < -0.4 is 14.2 Å². The topological polar surface area (TPSA) is 36.9 Å². The number of methoxy groups -OCH3 is 3. The van der Waals surface area contributed by atoms with Gasteiger partial charge in [0.05, 0.1) is 21.3 Å². The summed E-state index contributed by atoms with van der Waals surface area (Å²) in [6.07, 6.45) is 0. The van der Waals surface area contributed by atoms with E-state index in [0.717, 1.165) is 33.9 Å². The van der Waals surface area contributed by atoms with E-state index in [1.807, 2.05) is 72.8 Å². The Labute approximate surface area is 163 Å². The van der Waals surface area contributed by atoms with Gasteiger partial charge in [0, 0.05) is 0 Å². The molecule has 4 nitrogen and oxygen atoms in total. The summed E-state index contributed by atoms with van der Waals surface area (Å²) in [5, 5.41) is 0. The summed E-state index contributed by atoms with van der Waals surface area (Å²) in [5.41, 5.74) is 2.00. The first-order valence-corrected chi connectivity index (χ1v) is 8.87. The van der Waals surface area contributed by atoms with Crippen LogP contribution in [0.2, 0.25) is 0 Å². The van der Waals surface area contributed by atoms with Crippen LogP contribution in [0.3, 0.4) is 0 Å². The quantitative estimate of drug-likeness (QED) is 0.459. The summed E-state index contributed by atoms with van der Waals surface area (Å²) in [5.74, 6) is 2.35. The summed E-state index contributed by atoms with van der Waals surface area (Å²) in [6.45, 7) is 0. The minimum atomic E-state index is -0.859. The molecule has 0 aliphatic carbocycles. The van der Waals surface area contributed by atoms with Gasteiger partial charge in [-0.2, -0.15) is 0 Å². The van der Waals surface area contributed by atoms with Gasteiger partial charge in [0.1, 0.15) is 22.8 Å². The molecule has 0 amide bonds. The summed E-state index contributed by atoms with van der Waals surface area (Å²) < 4.78 is 21.9. The molecule has 0 saturated carbocycles. The first kappa shape index (κ1) is 19.0. The van der Waals surface area contributed by atoms with E-state index in [2.05, 4.69) is 10.5 Å². The van der Waals surface area contributed by atoms with Crippen molar-refractivity contribution in [2.45, 2.75) is 5.60 Å². The van der Waals surface area contributed by atoms with Crippen LogP contribution in [0.5, 0.6) is 17.2 Å². The number of rotatable bonds is 7. The molecule has 0 atom stereocenters. The molecule has 3 rings (SSSR count). The molecule has 3 aromatic rings. The van der Waals surface area contributed by atoms with E-state index >= 15 is 0 Å². The summed E-state index contributed by atoms with van der Waals surface area (Å²) in [6, 6.07) is 23.5. The van der Waals surface area contributed by atoms with E-state index in [9.17, 15) is 0 Å². The summed E-state index contributed by atoms with van der Waals surface area (Å²) in [4.78, 5) is 0. The lowest BCUT2D eigenvalue weighted by Gasteiger charge is -2.35. The van der Waals surface area contributed by atoms with E-state index in [1.54, 1.807) is 21.3 Å². The zero-order valence-corrected chi connectivity index (χ0v) is 16.6. The highest BCUT2D eigenvalue weighted by Gasteiger charge is 2.36. The lowest BCUT2D eigenvalue weighted by atomic mass is 9.80. The molecule has 137 valence electrons. The standard InChI is InChI=1S/C22H21O4Si/c1-23-19-10-4-16(5-11-19)22(26-27,17-6-12-20(24-2)13-7-17)18-8-14-21(25-3)15-9-18/h4-15H,1-3H3. The Morgan fingerprint density at radius 1 is 0.519 bits per heavy atom. The third-order valence-electron chi connectivity index (χ3n) is 4.64. The second-order valence-electron chi connectivity index (χ2n) is 5.97. The average molecular weight is 377 g/mol. The number of ether oxygens (including phenoxy) is 3. The Morgan fingerprint density at radius 3 is 0.963 bits per heavy atom. The lowest BCUT2D eigenvalue weighted by molar-refractivity contribution is 0.173. The normalized spacial score (nSPS) is 11.1. The zero-order chi connectivity index (χ0) is 19.3. The van der Waals surface area contributed by atoms with Gasteiger partial charge in [-0.25, -0.2) is 0 Å². The predicted molar refractivity (Wildman–Crippen MR) is 106 cm³/mol. The second-order valence-corrected chi connectivity index (χ2v) is 6.17. The van der Waals surface area contributed by atoms with Crippen molar-refractivity contribution in [2.75, 3.05) is 21.3 Å². The highest BCUT2D eigenvalue weighted by molar-refractivity contribution is 5.99. The van der Waals surface area contributed by atoms with Crippen LogP contribution in [-0.4, -0.2) is 31.8 Å². The van der Waals surface area contributed by atoms with Crippen molar-refractivity contribution in [2.24, 2.45) is 0 Å². The highest BCUT2D eigenvalue weighted by atomic mass is 28.2. The van der Waals surface area contributed by atoms with Crippen LogP contribution in [0.4, 0.5) is 0 Å². The van der Waals surface area contributed by atoms with Crippen molar-refractivity contribution in [3.8, 4) is 17.2 Å². The second kappa shape index (κ2) is 8.29. The molecule has 0 bridgehead atoms. The van der Waals surface area contributed by atoms with Crippen LogP contribution >= 0.6 is 0 Å². The van der Waals surface area contributed by atoms with Gasteiger partial charge >= 0.3 is 0 Å². The molecular weight excluding hydrogens is 356 g/mol. The molecule has 0 heterocycles. The fraction of sp³-hybridized carbons (Fsp3) is 0.182. The monoisotopic (exact) mass is 377 g/mol. The van der Waals surface area contributed by atoms with Crippen molar-refractivity contribution < 1.29 is 18.6 Å². The molecule has 0 aliphatic heterocycles. The van der Waals surface area contributed by atoms with Gasteiger partial charge in [-0.05, 0) is 53.1 Å². The van der Waals surface area contributed by atoms with Crippen LogP contribution in [0.1, 0.15) is 16.7 Å². The lowest BCUT2D eigenvalue weighted by Crippen LogP contribution is -2.32. The molecule has 5 heteroatoms. The predicted octanol–water partition coefficient (Wildman–Crippen LogP) is 4.10. The molecule has 0 spiro atoms. The Kier molecular flexibility index (Phi) is 5.83. The van der Waals surface area contributed by atoms with Gasteiger partial charge in [0.15, 0.2) is 0 Å². The molecule has 0 N–H and O–H groups in total. The first-order valence-electron chi connectivity index (χ1n) is 8.46. The van der Waals surface area contributed by atoms with E-state index < -0.39 is 5.60 Å². The molecule has 0 aliphatic rings. The van der Waals surface area contributed by atoms with Gasteiger partial charge in [-0.1, -0.05) is 36.4 Å². The SMILES string of the molecule is COc1ccc(C(O[Si])(c2ccc(OC)cc2)c2ccc(OC)cc2)cc1. The smallest absolute Gasteiger partial charge is 0.248 e. The number of hydrogen-bond donors (Lipinski definition) is 0. The van der Waals surface area contributed by atoms with E-state index in [1.165, 1.54) is 0 Å². The highest BCUT2D eigenvalue weighted by Crippen LogP contribution is 2.41. The van der Waals surface area contributed by atoms with E-state index in [-0.39, 0.29) is 0 Å². The van der Waals surface area contributed by atoms with Gasteiger partial charge in [0.25, 0.3) is 0 Å². The van der Waals surface area contributed by atoms with Crippen LogP contribution in [0, 0.1) is 0 Å². The molecule has 0 fully saturated rings. The third-order valence-corrected chi connectivity index (χ3v) is 4.95. The fourth-order valence-corrected chi connectivity index (χ4v) is 3.51. The van der Waals surface area contributed by atoms with Crippen LogP contribution in [0.25, 0.3) is 0 Å². The molecule has 3 aromatic carbocycles. The van der Waals surface area contributed by atoms with E-state index in [0.29, 0.717) is 0 Å². The molecule has 0 aromatic heterocycles. The Balaban J connectivity index is 2.20. The van der Waals surface area contributed by atoms with E-state index in [4.69, 9.17) is 18.6 Å². The number of benzene rings is 3. The molecular formula is C22H21O4Si. The van der Waals surface area contributed by atoms with Gasteiger partial charge in [0.2, 0.25) is 10.5 Å². The largest absolute Gasteiger partial charge is 0.497 e. The fourth-order valence-electron chi connectivity index (χ4n) is 3.15. The third kappa shape index (κ3) is 3.56. The summed E-state index contributed by atoms with van der Waals surface area (Å²) in [7, 11) is 8.30. The minimum absolute atomic E-state index is 0.783. The van der Waals surface area contributed by atoms with Crippen molar-refractivity contribution >= 4 is 10.5 Å². The van der Waals surface area contributed by atoms with Crippen molar-refractivity contribution in [3.05, 3.63) is 89.5 Å². The molecule has 3 radical (unpaired) electrons. The number of hydrogen-bond acceptors (Lipinski definition) is 4. The van der Waals surface area contributed by atoms with Crippen LogP contribution in [0.15, 0.2) is 72.8 Å². The Bertz CT molecular complexity index is 743. The maximum atomic E-state index is 6.00. The average Bonchev–Trinajstić information content (AvgIpc) is 2.76. The Hall–Kier alpha value is -2.76. The first-order chi connectivity index (χ1) is 13.2. The maximum Gasteiger partial charge on any atom is 0.248 e. The van der Waals surface area contributed by atoms with Crippen molar-refractivity contribution in [1.82, 2.24) is 0 Å².